The van der Waals surface area contributed by atoms with Gasteiger partial charge in [-0.05, 0) is 30.3 Å². The summed E-state index contributed by atoms with van der Waals surface area (Å²) >= 11 is 5.92. The molecule has 0 aliphatic heterocycles. The summed E-state index contributed by atoms with van der Waals surface area (Å²) in [5.74, 6) is 0.599. The number of rotatable bonds is 6. The molecular formula is C21H18ClN5O4. The first-order valence-electron chi connectivity index (χ1n) is 9.22. The maximum Gasteiger partial charge on any atom is 0.293 e. The van der Waals surface area contributed by atoms with Crippen molar-refractivity contribution in [2.45, 2.75) is 6.54 Å². The number of ether oxygens (including phenoxy) is 2. The van der Waals surface area contributed by atoms with E-state index < -0.39 is 11.5 Å². The minimum Gasteiger partial charge on any atom is -0.497 e. The van der Waals surface area contributed by atoms with Crippen LogP contribution >= 0.6 is 11.6 Å². The van der Waals surface area contributed by atoms with Crippen molar-refractivity contribution in [3.63, 3.8) is 0 Å². The van der Waals surface area contributed by atoms with Crippen LogP contribution in [0.3, 0.4) is 0 Å². The minimum atomic E-state index is -0.438. The van der Waals surface area contributed by atoms with Crippen LogP contribution in [0.5, 0.6) is 11.5 Å². The summed E-state index contributed by atoms with van der Waals surface area (Å²) < 4.78 is 12.9. The third kappa shape index (κ3) is 4.22. The third-order valence-electron chi connectivity index (χ3n) is 4.61. The number of carbonyl (C=O) groups is 1. The fraction of sp³-hybridized carbons (Fsp3) is 0.143. The van der Waals surface area contributed by atoms with E-state index in [9.17, 15) is 9.59 Å². The van der Waals surface area contributed by atoms with Crippen LogP contribution in [0, 0.1) is 0 Å². The molecule has 4 rings (SSSR count). The van der Waals surface area contributed by atoms with Crippen LogP contribution in [-0.4, -0.2) is 39.5 Å². The van der Waals surface area contributed by atoms with Crippen molar-refractivity contribution in [2.75, 3.05) is 19.5 Å². The zero-order valence-electron chi connectivity index (χ0n) is 16.7. The lowest BCUT2D eigenvalue weighted by Crippen LogP contribution is -2.30. The van der Waals surface area contributed by atoms with Crippen LogP contribution in [0.25, 0.3) is 16.8 Å². The van der Waals surface area contributed by atoms with Gasteiger partial charge < -0.3 is 14.8 Å². The van der Waals surface area contributed by atoms with Gasteiger partial charge in [-0.2, -0.15) is 10.2 Å². The number of fused-ring (bicyclic) bond motifs is 1. The lowest BCUT2D eigenvalue weighted by Gasteiger charge is -2.12. The largest absolute Gasteiger partial charge is 0.497 e. The summed E-state index contributed by atoms with van der Waals surface area (Å²) in [4.78, 5) is 25.3. The van der Waals surface area contributed by atoms with E-state index in [1.165, 1.54) is 25.1 Å². The van der Waals surface area contributed by atoms with Crippen molar-refractivity contribution in [2.24, 2.45) is 0 Å². The SMILES string of the molecule is COc1ccc(NC(=O)Cn2ncn3nc(-c4ccc(Cl)cc4)cc3c2=O)c(OC)c1. The van der Waals surface area contributed by atoms with Gasteiger partial charge in [-0.1, -0.05) is 23.7 Å². The second-order valence-corrected chi connectivity index (χ2v) is 7.01. The molecule has 0 aliphatic carbocycles. The Labute approximate surface area is 181 Å². The van der Waals surface area contributed by atoms with Crippen molar-refractivity contribution in [3.05, 3.63) is 70.2 Å². The highest BCUT2D eigenvalue weighted by Crippen LogP contribution is 2.29. The standard InChI is InChI=1S/C21H18ClN5O4/c1-30-15-7-8-16(19(9-15)31-2)24-20(28)11-26-21(29)18-10-17(25-27(18)12-23-26)13-3-5-14(22)6-4-13/h3-10,12H,11H2,1-2H3,(H,24,28). The summed E-state index contributed by atoms with van der Waals surface area (Å²) in [6.45, 7) is -0.272. The van der Waals surface area contributed by atoms with Crippen molar-refractivity contribution < 1.29 is 14.3 Å². The molecule has 10 heteroatoms. The molecule has 1 N–H and O–H groups in total. The van der Waals surface area contributed by atoms with Crippen molar-refractivity contribution in [1.29, 1.82) is 0 Å². The molecular weight excluding hydrogens is 422 g/mol. The predicted molar refractivity (Wildman–Crippen MR) is 116 cm³/mol. The van der Waals surface area contributed by atoms with Crippen molar-refractivity contribution in [1.82, 2.24) is 19.4 Å². The van der Waals surface area contributed by atoms with Gasteiger partial charge in [0.15, 0.2) is 0 Å². The second kappa shape index (κ2) is 8.49. The molecule has 0 spiro atoms. The quantitative estimate of drug-likeness (QED) is 0.496. The number of anilines is 1. The van der Waals surface area contributed by atoms with Crippen molar-refractivity contribution >= 4 is 28.7 Å². The number of methoxy groups -OCH3 is 2. The van der Waals surface area contributed by atoms with Gasteiger partial charge in [0.25, 0.3) is 5.56 Å². The van der Waals surface area contributed by atoms with E-state index in [-0.39, 0.29) is 6.54 Å². The van der Waals surface area contributed by atoms with Crippen LogP contribution in [0.2, 0.25) is 5.02 Å². The van der Waals surface area contributed by atoms with Gasteiger partial charge in [-0.3, -0.25) is 9.59 Å². The van der Waals surface area contributed by atoms with E-state index in [0.29, 0.717) is 33.4 Å². The Morgan fingerprint density at radius 1 is 1.10 bits per heavy atom. The second-order valence-electron chi connectivity index (χ2n) is 6.57. The number of nitrogens with one attached hydrogen (secondary N) is 1. The van der Waals surface area contributed by atoms with Gasteiger partial charge in [0.2, 0.25) is 5.91 Å². The molecule has 9 nitrogen and oxygen atoms in total. The lowest BCUT2D eigenvalue weighted by atomic mass is 10.1. The maximum absolute atomic E-state index is 12.8. The maximum atomic E-state index is 12.8. The molecule has 0 bridgehead atoms. The van der Waals surface area contributed by atoms with Gasteiger partial charge >= 0.3 is 0 Å². The van der Waals surface area contributed by atoms with E-state index in [2.05, 4.69) is 15.5 Å². The Kier molecular flexibility index (Phi) is 5.59. The first-order chi connectivity index (χ1) is 15.0. The van der Waals surface area contributed by atoms with E-state index in [1.54, 1.807) is 36.4 Å². The van der Waals surface area contributed by atoms with E-state index in [1.807, 2.05) is 12.1 Å². The molecule has 31 heavy (non-hydrogen) atoms. The van der Waals surface area contributed by atoms with Crippen molar-refractivity contribution in [3.8, 4) is 22.8 Å². The summed E-state index contributed by atoms with van der Waals surface area (Å²) in [7, 11) is 3.03. The average molecular weight is 440 g/mol. The first kappa shape index (κ1) is 20.4. The summed E-state index contributed by atoms with van der Waals surface area (Å²) in [5.41, 5.74) is 1.72. The molecule has 158 valence electrons. The zero-order chi connectivity index (χ0) is 22.0. The number of nitrogens with zero attached hydrogens (tertiary/aromatic N) is 4. The number of aromatic nitrogens is 4. The van der Waals surface area contributed by atoms with Crippen LogP contribution in [-0.2, 0) is 11.3 Å². The molecule has 0 aliphatic rings. The highest BCUT2D eigenvalue weighted by molar-refractivity contribution is 6.30. The Bertz CT molecular complexity index is 1310. The molecule has 0 radical (unpaired) electrons. The van der Waals surface area contributed by atoms with Gasteiger partial charge in [0, 0.05) is 16.7 Å². The molecule has 1 amide bonds. The van der Waals surface area contributed by atoms with Crippen LogP contribution in [0.15, 0.2) is 59.7 Å². The van der Waals surface area contributed by atoms with E-state index in [0.717, 1.165) is 10.2 Å². The molecule has 0 saturated carbocycles. The Morgan fingerprint density at radius 3 is 2.58 bits per heavy atom. The lowest BCUT2D eigenvalue weighted by molar-refractivity contribution is -0.117. The topological polar surface area (TPSA) is 99.8 Å². The van der Waals surface area contributed by atoms with Crippen LogP contribution < -0.4 is 20.3 Å². The molecule has 2 aromatic heterocycles. The monoisotopic (exact) mass is 439 g/mol. The Morgan fingerprint density at radius 2 is 1.87 bits per heavy atom. The average Bonchev–Trinajstić information content (AvgIpc) is 3.21. The fourth-order valence-corrected chi connectivity index (χ4v) is 3.17. The van der Waals surface area contributed by atoms with Gasteiger partial charge in [0.1, 0.15) is 29.9 Å². The molecule has 4 aromatic rings. The normalized spacial score (nSPS) is 10.8. The van der Waals surface area contributed by atoms with Crippen LogP contribution in [0.1, 0.15) is 0 Å². The van der Waals surface area contributed by atoms with Gasteiger partial charge in [-0.15, -0.1) is 0 Å². The molecule has 0 fully saturated rings. The highest BCUT2D eigenvalue weighted by atomic mass is 35.5. The Hall–Kier alpha value is -3.85. The third-order valence-corrected chi connectivity index (χ3v) is 4.86. The molecule has 0 unspecified atom stereocenters. The minimum absolute atomic E-state index is 0.272. The molecule has 0 atom stereocenters. The van der Waals surface area contributed by atoms with Gasteiger partial charge in [0.05, 0.1) is 25.6 Å². The number of carbonyl (C=O) groups excluding carboxylic acids is 1. The Balaban J connectivity index is 1.57. The first-order valence-corrected chi connectivity index (χ1v) is 9.59. The predicted octanol–water partition coefficient (Wildman–Crippen LogP) is 2.87. The summed E-state index contributed by atoms with van der Waals surface area (Å²) in [5, 5.41) is 11.7. The summed E-state index contributed by atoms with van der Waals surface area (Å²) in [6.07, 6.45) is 1.39. The number of hydrogen-bond donors (Lipinski definition) is 1. The van der Waals surface area contributed by atoms with Crippen LogP contribution in [0.4, 0.5) is 5.69 Å². The zero-order valence-corrected chi connectivity index (χ0v) is 17.5. The molecule has 0 saturated heterocycles. The van der Waals surface area contributed by atoms with E-state index in [4.69, 9.17) is 21.1 Å². The molecule has 2 heterocycles. The number of benzene rings is 2. The highest BCUT2D eigenvalue weighted by Gasteiger charge is 2.14. The fourth-order valence-electron chi connectivity index (χ4n) is 3.04. The molecule has 2 aromatic carbocycles. The number of hydrogen-bond acceptors (Lipinski definition) is 6. The summed E-state index contributed by atoms with van der Waals surface area (Å²) in [6, 6.07) is 13.8. The number of amides is 1. The van der Waals surface area contributed by atoms with E-state index >= 15 is 0 Å². The number of halogens is 1. The smallest absolute Gasteiger partial charge is 0.293 e. The van der Waals surface area contributed by atoms with Gasteiger partial charge in [-0.25, -0.2) is 9.20 Å².